The van der Waals surface area contributed by atoms with E-state index in [1.165, 1.54) is 6.92 Å². The quantitative estimate of drug-likeness (QED) is 0.801. The van der Waals surface area contributed by atoms with Gasteiger partial charge >= 0.3 is 0 Å². The zero-order valence-corrected chi connectivity index (χ0v) is 10.5. The van der Waals surface area contributed by atoms with E-state index < -0.39 is 0 Å². The van der Waals surface area contributed by atoms with Crippen molar-refractivity contribution in [1.82, 2.24) is 5.32 Å². The maximum Gasteiger partial charge on any atom is 0.216 e. The number of benzene rings is 1. The van der Waals surface area contributed by atoms with Crippen LogP contribution in [0, 0.1) is 0 Å². The summed E-state index contributed by atoms with van der Waals surface area (Å²) < 4.78 is 11.1. The Morgan fingerprint density at radius 3 is 2.94 bits per heavy atom. The molecular formula is C12H15NO3S. The Kier molecular flexibility index (Phi) is 3.78. The van der Waals surface area contributed by atoms with Crippen LogP contribution in [0.25, 0.3) is 0 Å². The second kappa shape index (κ2) is 5.31. The Labute approximate surface area is 106 Å². The van der Waals surface area contributed by atoms with Gasteiger partial charge in [0.25, 0.3) is 0 Å². The van der Waals surface area contributed by atoms with Crippen LogP contribution in [-0.4, -0.2) is 25.7 Å². The molecule has 0 bridgehead atoms. The van der Waals surface area contributed by atoms with Crippen molar-refractivity contribution in [3.05, 3.63) is 17.7 Å². The van der Waals surface area contributed by atoms with Crippen molar-refractivity contribution in [2.45, 2.75) is 18.2 Å². The highest BCUT2D eigenvalue weighted by Crippen LogP contribution is 2.37. The summed E-state index contributed by atoms with van der Waals surface area (Å²) in [5.74, 6) is 1.48. The van der Waals surface area contributed by atoms with Crippen LogP contribution in [0.1, 0.15) is 12.5 Å². The molecule has 0 aromatic heterocycles. The molecule has 0 atom stereocenters. The van der Waals surface area contributed by atoms with Gasteiger partial charge in [0.1, 0.15) is 13.2 Å². The van der Waals surface area contributed by atoms with Crippen LogP contribution in [-0.2, 0) is 11.2 Å². The number of thiol groups is 1. The SMILES string of the molecule is CC(=O)NCCc1c(S)ccc2c1OCCO2. The first-order chi connectivity index (χ1) is 8.18. The van der Waals surface area contributed by atoms with Gasteiger partial charge in [-0.1, -0.05) is 0 Å². The van der Waals surface area contributed by atoms with Crippen LogP contribution in [0.5, 0.6) is 11.5 Å². The smallest absolute Gasteiger partial charge is 0.216 e. The monoisotopic (exact) mass is 253 g/mol. The predicted molar refractivity (Wildman–Crippen MR) is 67.1 cm³/mol. The predicted octanol–water partition coefficient (Wildman–Crippen LogP) is 1.43. The summed E-state index contributed by atoms with van der Waals surface area (Å²) in [7, 11) is 0. The third kappa shape index (κ3) is 2.85. The lowest BCUT2D eigenvalue weighted by Gasteiger charge is -2.22. The average molecular weight is 253 g/mol. The highest BCUT2D eigenvalue weighted by atomic mass is 32.1. The largest absolute Gasteiger partial charge is 0.486 e. The van der Waals surface area contributed by atoms with E-state index in [0.717, 1.165) is 22.0 Å². The molecule has 1 aromatic rings. The number of hydrogen-bond acceptors (Lipinski definition) is 4. The number of nitrogens with one attached hydrogen (secondary N) is 1. The Hall–Kier alpha value is -1.36. The van der Waals surface area contributed by atoms with Gasteiger partial charge in [-0.3, -0.25) is 4.79 Å². The van der Waals surface area contributed by atoms with Crippen LogP contribution in [0.4, 0.5) is 0 Å². The van der Waals surface area contributed by atoms with Crippen LogP contribution in [0.15, 0.2) is 17.0 Å². The molecule has 17 heavy (non-hydrogen) atoms. The Morgan fingerprint density at radius 1 is 1.41 bits per heavy atom. The number of ether oxygens (including phenoxy) is 2. The summed E-state index contributed by atoms with van der Waals surface area (Å²) in [6.45, 7) is 3.20. The molecule has 1 aliphatic heterocycles. The molecule has 0 saturated carbocycles. The standard InChI is InChI=1S/C12H15NO3S/c1-8(14)13-5-4-9-11(17)3-2-10-12(9)16-7-6-15-10/h2-3,17H,4-7H2,1H3,(H,13,14). The second-order valence-corrected chi connectivity index (χ2v) is 4.30. The van der Waals surface area contributed by atoms with E-state index in [9.17, 15) is 4.79 Å². The van der Waals surface area contributed by atoms with E-state index in [-0.39, 0.29) is 5.91 Å². The molecule has 2 rings (SSSR count). The molecule has 1 aliphatic rings. The topological polar surface area (TPSA) is 47.6 Å². The third-order valence-electron chi connectivity index (χ3n) is 2.54. The van der Waals surface area contributed by atoms with E-state index in [0.29, 0.717) is 26.2 Å². The fraction of sp³-hybridized carbons (Fsp3) is 0.417. The van der Waals surface area contributed by atoms with Gasteiger partial charge in [0.2, 0.25) is 5.91 Å². The number of carbonyl (C=O) groups excluding carboxylic acids is 1. The minimum atomic E-state index is -0.0346. The van der Waals surface area contributed by atoms with Gasteiger partial charge in [0.05, 0.1) is 0 Å². The molecule has 0 spiro atoms. The van der Waals surface area contributed by atoms with Gasteiger partial charge in [-0.2, -0.15) is 0 Å². The molecule has 0 radical (unpaired) electrons. The lowest BCUT2D eigenvalue weighted by Crippen LogP contribution is -2.23. The van der Waals surface area contributed by atoms with Gasteiger partial charge in [-0.05, 0) is 18.6 Å². The number of fused-ring (bicyclic) bond motifs is 1. The zero-order chi connectivity index (χ0) is 12.3. The maximum absolute atomic E-state index is 10.8. The lowest BCUT2D eigenvalue weighted by molar-refractivity contribution is -0.118. The minimum Gasteiger partial charge on any atom is -0.486 e. The van der Waals surface area contributed by atoms with Crippen LogP contribution in [0.3, 0.4) is 0 Å². The first-order valence-corrected chi connectivity index (χ1v) is 5.98. The molecule has 0 aliphatic carbocycles. The highest BCUT2D eigenvalue weighted by molar-refractivity contribution is 7.80. The normalized spacial score (nSPS) is 13.3. The summed E-state index contributed by atoms with van der Waals surface area (Å²) >= 11 is 4.41. The highest BCUT2D eigenvalue weighted by Gasteiger charge is 2.17. The fourth-order valence-electron chi connectivity index (χ4n) is 1.77. The summed E-state index contributed by atoms with van der Waals surface area (Å²) in [5.41, 5.74) is 0.985. The summed E-state index contributed by atoms with van der Waals surface area (Å²) in [4.78, 5) is 11.7. The Balaban J connectivity index is 2.16. The van der Waals surface area contributed by atoms with Gasteiger partial charge in [-0.25, -0.2) is 0 Å². The van der Waals surface area contributed by atoms with Crippen molar-refractivity contribution in [2.24, 2.45) is 0 Å². The Morgan fingerprint density at radius 2 is 2.18 bits per heavy atom. The van der Waals surface area contributed by atoms with Gasteiger partial charge in [-0.15, -0.1) is 12.6 Å². The molecule has 1 N–H and O–H groups in total. The molecule has 92 valence electrons. The number of amides is 1. The fourth-order valence-corrected chi connectivity index (χ4v) is 2.06. The maximum atomic E-state index is 10.8. The number of rotatable bonds is 3. The first kappa shape index (κ1) is 12.1. The molecule has 1 amide bonds. The van der Waals surface area contributed by atoms with E-state index in [1.807, 2.05) is 12.1 Å². The second-order valence-electron chi connectivity index (χ2n) is 3.82. The van der Waals surface area contributed by atoms with E-state index in [1.54, 1.807) is 0 Å². The van der Waals surface area contributed by atoms with Gasteiger partial charge < -0.3 is 14.8 Å². The number of carbonyl (C=O) groups is 1. The van der Waals surface area contributed by atoms with Crippen molar-refractivity contribution in [3.63, 3.8) is 0 Å². The van der Waals surface area contributed by atoms with Gasteiger partial charge in [0.15, 0.2) is 11.5 Å². The zero-order valence-electron chi connectivity index (χ0n) is 9.66. The molecule has 0 unspecified atom stereocenters. The Bertz CT molecular complexity index is 434. The molecule has 4 nitrogen and oxygen atoms in total. The molecule has 0 fully saturated rings. The molecule has 5 heteroatoms. The lowest BCUT2D eigenvalue weighted by atomic mass is 10.1. The molecule has 0 saturated heterocycles. The summed E-state index contributed by atoms with van der Waals surface area (Å²) in [5, 5.41) is 2.76. The third-order valence-corrected chi connectivity index (χ3v) is 2.95. The number of hydrogen-bond donors (Lipinski definition) is 2. The first-order valence-electron chi connectivity index (χ1n) is 5.53. The summed E-state index contributed by atoms with van der Waals surface area (Å²) in [6, 6.07) is 3.75. The van der Waals surface area contributed by atoms with Crippen LogP contribution >= 0.6 is 12.6 Å². The average Bonchev–Trinajstić information content (AvgIpc) is 2.32. The molecule has 1 heterocycles. The molecule has 1 aromatic carbocycles. The van der Waals surface area contributed by atoms with E-state index in [4.69, 9.17) is 9.47 Å². The van der Waals surface area contributed by atoms with E-state index >= 15 is 0 Å². The van der Waals surface area contributed by atoms with Crippen molar-refractivity contribution >= 4 is 18.5 Å². The van der Waals surface area contributed by atoms with Crippen molar-refractivity contribution in [1.29, 1.82) is 0 Å². The van der Waals surface area contributed by atoms with Crippen molar-refractivity contribution < 1.29 is 14.3 Å². The van der Waals surface area contributed by atoms with E-state index in [2.05, 4.69) is 17.9 Å². The van der Waals surface area contributed by atoms with Gasteiger partial charge in [0, 0.05) is 23.9 Å². The van der Waals surface area contributed by atoms with Crippen LogP contribution < -0.4 is 14.8 Å². The van der Waals surface area contributed by atoms with Crippen LogP contribution in [0.2, 0.25) is 0 Å². The summed E-state index contributed by atoms with van der Waals surface area (Å²) in [6.07, 6.45) is 0.685. The van der Waals surface area contributed by atoms with Crippen molar-refractivity contribution in [3.8, 4) is 11.5 Å². The minimum absolute atomic E-state index is 0.0346. The molecular weight excluding hydrogens is 238 g/mol. The van der Waals surface area contributed by atoms with Crippen molar-refractivity contribution in [2.75, 3.05) is 19.8 Å².